The number of hydrogen-bond donors (Lipinski definition) is 0. The zero-order valence-corrected chi connectivity index (χ0v) is 15.1. The average Bonchev–Trinajstić information content (AvgIpc) is 3.07. The monoisotopic (exact) mass is 382 g/mol. The van der Waals surface area contributed by atoms with Crippen molar-refractivity contribution in [3.05, 3.63) is 46.8 Å². The largest absolute Gasteiger partial charge is 0.487 e. The van der Waals surface area contributed by atoms with E-state index in [1.165, 1.54) is 0 Å². The number of para-hydroxylation sites is 1. The Morgan fingerprint density at radius 3 is 2.14 bits per heavy atom. The van der Waals surface area contributed by atoms with Crippen LogP contribution in [0.3, 0.4) is 0 Å². The standard InChI is InChI=1S/C21H18O7/c22-21-19-14-11-17-18(26-10-8-24-6-5-23-7-9-25-17)12-16(14)27-20(19)13-3-1-2-4-15(13)28-21/h1-4,11-12H,5-10H2. The van der Waals surface area contributed by atoms with Crippen LogP contribution in [0.1, 0.15) is 0 Å². The maximum Gasteiger partial charge on any atom is 0.348 e. The van der Waals surface area contributed by atoms with E-state index in [0.29, 0.717) is 78.7 Å². The van der Waals surface area contributed by atoms with Gasteiger partial charge in [-0.1, -0.05) is 12.1 Å². The summed E-state index contributed by atoms with van der Waals surface area (Å²) in [5.74, 6) is 1.05. The minimum atomic E-state index is -0.446. The zero-order valence-electron chi connectivity index (χ0n) is 15.1. The van der Waals surface area contributed by atoms with Crippen molar-refractivity contribution >= 4 is 32.9 Å². The molecule has 0 unspecified atom stereocenters. The van der Waals surface area contributed by atoms with Gasteiger partial charge < -0.3 is 27.8 Å². The average molecular weight is 382 g/mol. The van der Waals surface area contributed by atoms with Gasteiger partial charge in [0.05, 0.1) is 31.8 Å². The number of hydrogen-bond acceptors (Lipinski definition) is 7. The molecule has 28 heavy (non-hydrogen) atoms. The Kier molecular flexibility index (Phi) is 4.38. The molecule has 0 aliphatic carbocycles. The summed E-state index contributed by atoms with van der Waals surface area (Å²) in [5, 5.41) is 1.76. The Morgan fingerprint density at radius 2 is 1.36 bits per heavy atom. The third-order valence-electron chi connectivity index (χ3n) is 4.64. The predicted octanol–water partition coefficient (Wildman–Crippen LogP) is 3.50. The van der Waals surface area contributed by atoms with E-state index in [0.717, 1.165) is 5.39 Å². The molecule has 2 aromatic carbocycles. The van der Waals surface area contributed by atoms with Crippen LogP contribution < -0.4 is 15.1 Å². The van der Waals surface area contributed by atoms with Gasteiger partial charge in [-0.25, -0.2) is 4.79 Å². The Labute approximate surface area is 159 Å². The molecule has 4 aromatic rings. The van der Waals surface area contributed by atoms with Crippen molar-refractivity contribution in [1.29, 1.82) is 0 Å². The molecule has 0 radical (unpaired) electrons. The van der Waals surface area contributed by atoms with Crippen molar-refractivity contribution in [2.24, 2.45) is 0 Å². The first-order chi connectivity index (χ1) is 13.8. The van der Waals surface area contributed by atoms with E-state index in [1.54, 1.807) is 18.2 Å². The summed E-state index contributed by atoms with van der Waals surface area (Å²) in [6.45, 7) is 2.62. The molecule has 2 aromatic heterocycles. The van der Waals surface area contributed by atoms with Gasteiger partial charge in [-0.3, -0.25) is 0 Å². The third-order valence-corrected chi connectivity index (χ3v) is 4.64. The summed E-state index contributed by atoms with van der Waals surface area (Å²) in [5.41, 5.74) is 1.07. The van der Waals surface area contributed by atoms with E-state index in [-0.39, 0.29) is 0 Å². The van der Waals surface area contributed by atoms with Gasteiger partial charge in [0, 0.05) is 11.5 Å². The fourth-order valence-corrected chi connectivity index (χ4v) is 3.36. The van der Waals surface area contributed by atoms with E-state index >= 15 is 0 Å². The predicted molar refractivity (Wildman–Crippen MR) is 102 cm³/mol. The second kappa shape index (κ2) is 7.18. The summed E-state index contributed by atoms with van der Waals surface area (Å²) < 4.78 is 34.1. The second-order valence-electron chi connectivity index (χ2n) is 6.41. The minimum Gasteiger partial charge on any atom is -0.487 e. The lowest BCUT2D eigenvalue weighted by Gasteiger charge is -2.15. The minimum absolute atomic E-state index is 0.356. The van der Waals surface area contributed by atoms with E-state index in [9.17, 15) is 4.79 Å². The van der Waals surface area contributed by atoms with Crippen molar-refractivity contribution in [2.75, 3.05) is 39.6 Å². The molecule has 1 aliphatic heterocycles. The summed E-state index contributed by atoms with van der Waals surface area (Å²) in [6, 6.07) is 10.8. The van der Waals surface area contributed by atoms with Crippen molar-refractivity contribution in [3.63, 3.8) is 0 Å². The molecule has 7 nitrogen and oxygen atoms in total. The van der Waals surface area contributed by atoms with E-state index in [4.69, 9.17) is 27.8 Å². The Balaban J connectivity index is 1.69. The molecule has 0 spiro atoms. The first kappa shape index (κ1) is 17.1. The quantitative estimate of drug-likeness (QED) is 0.431. The van der Waals surface area contributed by atoms with Crippen molar-refractivity contribution in [1.82, 2.24) is 0 Å². The van der Waals surface area contributed by atoms with Gasteiger partial charge in [-0.2, -0.15) is 0 Å². The highest BCUT2D eigenvalue weighted by Crippen LogP contribution is 2.38. The molecule has 7 heteroatoms. The first-order valence-corrected chi connectivity index (χ1v) is 9.14. The van der Waals surface area contributed by atoms with Crippen LogP contribution in [0.2, 0.25) is 0 Å². The Morgan fingerprint density at radius 1 is 0.679 bits per heavy atom. The Hall–Kier alpha value is -3.03. The topological polar surface area (TPSA) is 80.3 Å². The maximum atomic E-state index is 12.6. The lowest BCUT2D eigenvalue weighted by atomic mass is 10.1. The molecule has 0 saturated carbocycles. The number of ether oxygens (including phenoxy) is 4. The van der Waals surface area contributed by atoms with Crippen LogP contribution in [-0.2, 0) is 9.47 Å². The van der Waals surface area contributed by atoms with Gasteiger partial charge >= 0.3 is 5.63 Å². The van der Waals surface area contributed by atoms with E-state index in [2.05, 4.69) is 0 Å². The number of fused-ring (bicyclic) bond motifs is 6. The number of rotatable bonds is 0. The van der Waals surface area contributed by atoms with Gasteiger partial charge in [0.25, 0.3) is 0 Å². The van der Waals surface area contributed by atoms with Crippen molar-refractivity contribution in [2.45, 2.75) is 0 Å². The third kappa shape index (κ3) is 2.98. The molecule has 0 bridgehead atoms. The number of furan rings is 1. The zero-order chi connectivity index (χ0) is 18.9. The lowest BCUT2D eigenvalue weighted by molar-refractivity contribution is 0.0224. The molecule has 3 heterocycles. The highest BCUT2D eigenvalue weighted by molar-refractivity contribution is 6.13. The van der Waals surface area contributed by atoms with Gasteiger partial charge in [0.1, 0.15) is 29.8 Å². The lowest BCUT2D eigenvalue weighted by Crippen LogP contribution is -2.15. The summed E-state index contributed by atoms with van der Waals surface area (Å²) in [7, 11) is 0. The maximum absolute atomic E-state index is 12.6. The normalized spacial score (nSPS) is 16.1. The number of benzene rings is 2. The van der Waals surface area contributed by atoms with Crippen molar-refractivity contribution < 1.29 is 27.8 Å². The van der Waals surface area contributed by atoms with Crippen LogP contribution in [-0.4, -0.2) is 39.6 Å². The van der Waals surface area contributed by atoms with Crippen LogP contribution in [0.15, 0.2) is 50.0 Å². The molecule has 0 saturated heterocycles. The van der Waals surface area contributed by atoms with Crippen LogP contribution in [0.5, 0.6) is 11.5 Å². The van der Waals surface area contributed by atoms with Crippen molar-refractivity contribution in [3.8, 4) is 11.5 Å². The smallest absolute Gasteiger partial charge is 0.348 e. The van der Waals surface area contributed by atoms with Crippen LogP contribution in [0, 0.1) is 0 Å². The van der Waals surface area contributed by atoms with E-state index < -0.39 is 5.63 Å². The summed E-state index contributed by atoms with van der Waals surface area (Å²) >= 11 is 0. The molecular formula is C21H18O7. The Bertz CT molecular complexity index is 1200. The highest BCUT2D eigenvalue weighted by atomic mass is 16.6. The molecule has 0 N–H and O–H groups in total. The van der Waals surface area contributed by atoms with Gasteiger partial charge in [0.15, 0.2) is 17.1 Å². The summed E-state index contributed by atoms with van der Waals surface area (Å²) in [4.78, 5) is 12.6. The van der Waals surface area contributed by atoms with E-state index in [1.807, 2.05) is 18.2 Å². The van der Waals surface area contributed by atoms with Gasteiger partial charge in [-0.15, -0.1) is 0 Å². The fraction of sp³-hybridized carbons (Fsp3) is 0.286. The SMILES string of the molecule is O=c1oc2ccccc2c2oc3cc4c(cc3c12)OCCOCCOCCO4. The van der Waals surface area contributed by atoms with Crippen LogP contribution in [0.25, 0.3) is 32.9 Å². The molecule has 0 fully saturated rings. The first-order valence-electron chi connectivity index (χ1n) is 9.14. The van der Waals surface area contributed by atoms with Gasteiger partial charge in [-0.05, 0) is 18.2 Å². The molecule has 0 amide bonds. The fourth-order valence-electron chi connectivity index (χ4n) is 3.36. The molecule has 1 aliphatic rings. The van der Waals surface area contributed by atoms with Crippen LogP contribution in [0.4, 0.5) is 0 Å². The van der Waals surface area contributed by atoms with Crippen LogP contribution >= 0.6 is 0 Å². The molecule has 0 atom stereocenters. The van der Waals surface area contributed by atoms with Gasteiger partial charge in [0.2, 0.25) is 0 Å². The molecular weight excluding hydrogens is 364 g/mol. The summed E-state index contributed by atoms with van der Waals surface area (Å²) in [6.07, 6.45) is 0. The highest BCUT2D eigenvalue weighted by Gasteiger charge is 2.19. The second-order valence-corrected chi connectivity index (χ2v) is 6.41. The molecule has 144 valence electrons. The molecule has 5 rings (SSSR count).